The molecule has 0 radical (unpaired) electrons. The normalized spacial score (nSPS) is 19.7. The van der Waals surface area contributed by atoms with Gasteiger partial charge >= 0.3 is 11.9 Å². The minimum Gasteiger partial charge on any atom is -0.379 e. The number of hydrogen-bond donors (Lipinski definition) is 0. The second-order valence-corrected chi connectivity index (χ2v) is 10.6. The molecule has 0 bridgehead atoms. The number of carbonyl (C=O) groups is 1. The first-order valence-corrected chi connectivity index (χ1v) is 13.3. The van der Waals surface area contributed by atoms with Crippen molar-refractivity contribution in [3.63, 3.8) is 0 Å². The zero-order valence-electron chi connectivity index (χ0n) is 21.3. The number of rotatable bonds is 4. The molecule has 12 heteroatoms. The molecule has 1 fully saturated rings. The molecular weight excluding hydrogens is 536 g/mol. The van der Waals surface area contributed by atoms with Crippen LogP contribution in [0.4, 0.5) is 23.4 Å². The number of halogens is 4. The number of piperazine rings is 1. The Kier molecular flexibility index (Phi) is 7.19. The zero-order chi connectivity index (χ0) is 28.1. The Morgan fingerprint density at radius 2 is 1.92 bits per heavy atom. The molecule has 0 aliphatic carbocycles. The highest BCUT2D eigenvalue weighted by Crippen LogP contribution is 2.48. The maximum atomic E-state index is 14.7. The van der Waals surface area contributed by atoms with Crippen molar-refractivity contribution in [2.24, 2.45) is 0 Å². The average molecular weight is 563 g/mol. The van der Waals surface area contributed by atoms with Gasteiger partial charge in [-0.05, 0) is 36.8 Å². The Hall–Kier alpha value is -3.38. The van der Waals surface area contributed by atoms with E-state index in [4.69, 9.17) is 4.74 Å². The van der Waals surface area contributed by atoms with Gasteiger partial charge in [0.05, 0.1) is 23.7 Å². The molecule has 5 rings (SSSR count). The highest BCUT2D eigenvalue weighted by molar-refractivity contribution is 7.99. The number of carbonyl (C=O) groups excluding carboxylic acids is 1. The highest BCUT2D eigenvalue weighted by atomic mass is 32.2. The van der Waals surface area contributed by atoms with Gasteiger partial charge in [0.25, 0.3) is 0 Å². The predicted molar refractivity (Wildman–Crippen MR) is 142 cm³/mol. The van der Waals surface area contributed by atoms with E-state index in [0.717, 1.165) is 18.2 Å². The molecule has 39 heavy (non-hydrogen) atoms. The number of amides is 1. The van der Waals surface area contributed by atoms with Crippen LogP contribution < -0.4 is 10.6 Å². The van der Waals surface area contributed by atoms with Crippen LogP contribution in [0.25, 0.3) is 22.0 Å². The summed E-state index contributed by atoms with van der Waals surface area (Å²) < 4.78 is 64.6. The zero-order valence-corrected chi connectivity index (χ0v) is 22.1. The van der Waals surface area contributed by atoms with Gasteiger partial charge in [0.15, 0.2) is 0 Å². The van der Waals surface area contributed by atoms with E-state index in [1.165, 1.54) is 41.6 Å². The minimum atomic E-state index is -4.75. The molecule has 2 aliphatic rings. The van der Waals surface area contributed by atoms with E-state index >= 15 is 0 Å². The number of aromatic nitrogens is 2. The topological polar surface area (TPSA) is 67.7 Å². The van der Waals surface area contributed by atoms with Crippen LogP contribution in [0.1, 0.15) is 12.5 Å². The molecule has 1 aromatic heterocycles. The molecule has 1 amide bonds. The summed E-state index contributed by atoms with van der Waals surface area (Å²) in [5.41, 5.74) is -1.10. The number of hydrogen-bond acceptors (Lipinski definition) is 6. The lowest BCUT2D eigenvalue weighted by molar-refractivity contribution is -0.137. The van der Waals surface area contributed by atoms with Crippen molar-refractivity contribution < 1.29 is 27.1 Å². The summed E-state index contributed by atoms with van der Waals surface area (Å²) >= 11 is 1.17. The number of thioether (sulfide) groups is 1. The van der Waals surface area contributed by atoms with Gasteiger partial charge in [0, 0.05) is 54.4 Å². The highest BCUT2D eigenvalue weighted by Gasteiger charge is 2.39. The maximum absolute atomic E-state index is 14.7. The molecule has 2 atom stereocenters. The number of ether oxygens (including phenoxy) is 1. The summed E-state index contributed by atoms with van der Waals surface area (Å²) in [7, 11) is 1.49. The summed E-state index contributed by atoms with van der Waals surface area (Å²) in [5, 5.41) is 0.183. The van der Waals surface area contributed by atoms with Crippen LogP contribution in [-0.4, -0.2) is 65.0 Å². The molecule has 0 spiro atoms. The van der Waals surface area contributed by atoms with Crippen LogP contribution in [0.3, 0.4) is 0 Å². The Balaban J connectivity index is 1.81. The molecule has 0 N–H and O–H groups in total. The second kappa shape index (κ2) is 10.3. The van der Waals surface area contributed by atoms with Crippen LogP contribution in [-0.2, 0) is 22.3 Å². The summed E-state index contributed by atoms with van der Waals surface area (Å²) in [4.78, 5) is 33.5. The summed E-state index contributed by atoms with van der Waals surface area (Å²) in [6.07, 6.45) is -3.98. The minimum absolute atomic E-state index is 0.114. The number of methoxy groups -OCH3 is 1. The van der Waals surface area contributed by atoms with Crippen molar-refractivity contribution in [3.8, 4) is 11.1 Å². The lowest BCUT2D eigenvalue weighted by atomic mass is 9.96. The van der Waals surface area contributed by atoms with E-state index in [0.29, 0.717) is 24.4 Å². The van der Waals surface area contributed by atoms with Gasteiger partial charge in [-0.1, -0.05) is 18.7 Å². The third kappa shape index (κ3) is 4.91. The Morgan fingerprint density at radius 3 is 2.54 bits per heavy atom. The van der Waals surface area contributed by atoms with E-state index < -0.39 is 29.4 Å². The maximum Gasteiger partial charge on any atom is 0.417 e. The van der Waals surface area contributed by atoms with Crippen LogP contribution in [0.5, 0.6) is 0 Å². The molecule has 2 aromatic carbocycles. The number of nitrogens with zero attached hydrogens (tertiary/aromatic N) is 4. The molecule has 2 unspecified atom stereocenters. The first-order chi connectivity index (χ1) is 18.5. The van der Waals surface area contributed by atoms with Gasteiger partial charge in [0.2, 0.25) is 5.91 Å². The third-order valence-corrected chi connectivity index (χ3v) is 8.38. The monoisotopic (exact) mass is 562 g/mol. The summed E-state index contributed by atoms with van der Waals surface area (Å²) in [6.45, 7) is 6.33. The summed E-state index contributed by atoms with van der Waals surface area (Å²) in [5.74, 6) is -0.375. The van der Waals surface area contributed by atoms with E-state index in [1.807, 2.05) is 6.92 Å². The molecule has 7 nitrogen and oxygen atoms in total. The number of benzene rings is 2. The van der Waals surface area contributed by atoms with Gasteiger partial charge in [0.1, 0.15) is 11.6 Å². The predicted octanol–water partition coefficient (Wildman–Crippen LogP) is 4.57. The van der Waals surface area contributed by atoms with Crippen LogP contribution >= 0.6 is 11.8 Å². The van der Waals surface area contributed by atoms with E-state index in [-0.39, 0.29) is 52.3 Å². The Bertz CT molecular complexity index is 1510. The van der Waals surface area contributed by atoms with Crippen molar-refractivity contribution in [1.29, 1.82) is 0 Å². The number of anilines is 1. The van der Waals surface area contributed by atoms with Crippen LogP contribution in [0, 0.1) is 5.82 Å². The van der Waals surface area contributed by atoms with Crippen molar-refractivity contribution >= 4 is 34.4 Å². The van der Waals surface area contributed by atoms with E-state index in [9.17, 15) is 27.2 Å². The fraction of sp³-hybridized carbons (Fsp3) is 0.370. The Labute approximate surface area is 226 Å². The lowest BCUT2D eigenvalue weighted by Gasteiger charge is -2.40. The quantitative estimate of drug-likeness (QED) is 0.343. The van der Waals surface area contributed by atoms with Gasteiger partial charge < -0.3 is 14.5 Å². The van der Waals surface area contributed by atoms with Gasteiger partial charge in [-0.25, -0.2) is 9.18 Å². The van der Waals surface area contributed by atoms with Crippen molar-refractivity contribution in [3.05, 3.63) is 64.9 Å². The average Bonchev–Trinajstić information content (AvgIpc) is 3.11. The van der Waals surface area contributed by atoms with Crippen molar-refractivity contribution in [2.45, 2.75) is 36.7 Å². The largest absolute Gasteiger partial charge is 0.417 e. The van der Waals surface area contributed by atoms with Gasteiger partial charge in [-0.3, -0.25) is 9.36 Å². The van der Waals surface area contributed by atoms with Crippen molar-refractivity contribution in [1.82, 2.24) is 14.5 Å². The van der Waals surface area contributed by atoms with Crippen molar-refractivity contribution in [2.75, 3.05) is 37.4 Å². The first-order valence-electron chi connectivity index (χ1n) is 12.3. The van der Waals surface area contributed by atoms with E-state index in [1.54, 1.807) is 9.80 Å². The fourth-order valence-electron chi connectivity index (χ4n) is 5.23. The first kappa shape index (κ1) is 27.2. The smallest absolute Gasteiger partial charge is 0.379 e. The standard InChI is InChI=1S/C27H26F4N4O3S/c1-4-21(36)33-9-10-34(15(2)12-33)25-19-11-20(27(29,30)31)22(16-5-7-17(28)8-6-16)24-23(19)35(26(37)32-25)13-18(38-3)14-39-24/h4-8,11,15,18H,1,9-10,12-14H2,2-3H3. The molecule has 3 aromatic rings. The van der Waals surface area contributed by atoms with Gasteiger partial charge in [-0.15, -0.1) is 11.8 Å². The molecular formula is C27H26F4N4O3S. The van der Waals surface area contributed by atoms with E-state index in [2.05, 4.69) is 11.6 Å². The molecule has 1 saturated heterocycles. The molecule has 206 valence electrons. The molecule has 0 saturated carbocycles. The van der Waals surface area contributed by atoms with Crippen LogP contribution in [0.15, 0.2) is 52.7 Å². The molecule has 3 heterocycles. The Morgan fingerprint density at radius 1 is 1.21 bits per heavy atom. The molecule has 2 aliphatic heterocycles. The summed E-state index contributed by atoms with van der Waals surface area (Å²) in [6, 6.07) is 5.56. The number of alkyl halides is 3. The third-order valence-electron chi connectivity index (χ3n) is 7.16. The second-order valence-electron chi connectivity index (χ2n) is 9.56. The fourth-order valence-corrected chi connectivity index (χ4v) is 6.55. The van der Waals surface area contributed by atoms with Crippen LogP contribution in [0.2, 0.25) is 0 Å². The SMILES string of the molecule is C=CC(=O)N1CCN(c2nc(=O)n3c4c(c(-c5ccc(F)cc5)c(C(F)(F)F)cc24)SCC(OC)C3)C(C)C1. The lowest BCUT2D eigenvalue weighted by Crippen LogP contribution is -2.54. The van der Waals surface area contributed by atoms with Gasteiger partial charge in [-0.2, -0.15) is 18.2 Å².